The van der Waals surface area contributed by atoms with Crippen molar-refractivity contribution in [1.29, 1.82) is 0 Å². The second kappa shape index (κ2) is 6.45. The smallest absolute Gasteiger partial charge is 0.141 e. The zero-order chi connectivity index (χ0) is 13.8. The van der Waals surface area contributed by atoms with Crippen molar-refractivity contribution in [2.75, 3.05) is 19.7 Å². The molecule has 2 atom stereocenters. The highest BCUT2D eigenvalue weighted by Crippen LogP contribution is 2.14. The molecular weight excluding hydrogens is 242 g/mol. The number of rotatable bonds is 5. The molecule has 2 N–H and O–H groups in total. The molecule has 0 aliphatic carbocycles. The van der Waals surface area contributed by atoms with Gasteiger partial charge in [-0.2, -0.15) is 5.10 Å². The molecule has 0 spiro atoms. The Morgan fingerprint density at radius 3 is 3.00 bits per heavy atom. The van der Waals surface area contributed by atoms with E-state index in [-0.39, 0.29) is 6.10 Å². The fraction of sp³-hybridized carbons (Fsp3) is 0.846. The summed E-state index contributed by atoms with van der Waals surface area (Å²) < 4.78 is 7.68. The molecule has 108 valence electrons. The van der Waals surface area contributed by atoms with Crippen LogP contribution in [0.15, 0.2) is 6.33 Å². The van der Waals surface area contributed by atoms with Crippen molar-refractivity contribution in [2.24, 2.45) is 11.7 Å². The number of hydrogen-bond donors (Lipinski definition) is 1. The topological polar surface area (TPSA) is 69.2 Å². The van der Waals surface area contributed by atoms with Crippen molar-refractivity contribution in [3.63, 3.8) is 0 Å². The summed E-state index contributed by atoms with van der Waals surface area (Å²) in [6.07, 6.45) is 1.78. The summed E-state index contributed by atoms with van der Waals surface area (Å²) in [5, 5.41) is 4.31. The first kappa shape index (κ1) is 14.4. The van der Waals surface area contributed by atoms with E-state index in [2.05, 4.69) is 35.8 Å². The van der Waals surface area contributed by atoms with E-state index >= 15 is 0 Å². The summed E-state index contributed by atoms with van der Waals surface area (Å²) >= 11 is 0. The Balaban J connectivity index is 2.01. The SMILES string of the molecule is CC(C)Cn1ncnc1CN1CC(CN)OCC1C. The molecule has 2 heterocycles. The maximum absolute atomic E-state index is 5.70. The van der Waals surface area contributed by atoms with Crippen LogP contribution in [-0.2, 0) is 17.8 Å². The Bertz CT molecular complexity index is 392. The van der Waals surface area contributed by atoms with Crippen molar-refractivity contribution in [3.8, 4) is 0 Å². The number of nitrogens with two attached hydrogens (primary N) is 1. The van der Waals surface area contributed by atoms with Crippen LogP contribution >= 0.6 is 0 Å². The lowest BCUT2D eigenvalue weighted by Gasteiger charge is -2.37. The highest BCUT2D eigenvalue weighted by Gasteiger charge is 2.26. The lowest BCUT2D eigenvalue weighted by molar-refractivity contribution is -0.0579. The average molecular weight is 267 g/mol. The molecule has 6 nitrogen and oxygen atoms in total. The molecule has 2 unspecified atom stereocenters. The van der Waals surface area contributed by atoms with Crippen LogP contribution in [0.2, 0.25) is 0 Å². The summed E-state index contributed by atoms with van der Waals surface area (Å²) in [5.74, 6) is 1.59. The lowest BCUT2D eigenvalue weighted by Crippen LogP contribution is -2.50. The fourth-order valence-corrected chi connectivity index (χ4v) is 2.33. The van der Waals surface area contributed by atoms with Crippen molar-refractivity contribution >= 4 is 0 Å². The molecule has 0 radical (unpaired) electrons. The Labute approximate surface area is 114 Å². The second-order valence-corrected chi connectivity index (χ2v) is 5.72. The number of nitrogens with zero attached hydrogens (tertiary/aromatic N) is 4. The van der Waals surface area contributed by atoms with E-state index in [1.807, 2.05) is 4.68 Å². The minimum absolute atomic E-state index is 0.137. The molecule has 1 fully saturated rings. The van der Waals surface area contributed by atoms with Crippen LogP contribution in [0.4, 0.5) is 0 Å². The largest absolute Gasteiger partial charge is 0.374 e. The minimum atomic E-state index is 0.137. The van der Waals surface area contributed by atoms with Crippen LogP contribution < -0.4 is 5.73 Å². The summed E-state index contributed by atoms with van der Waals surface area (Å²) in [6, 6.07) is 0.395. The molecule has 1 aliphatic heterocycles. The van der Waals surface area contributed by atoms with Gasteiger partial charge in [0.1, 0.15) is 12.2 Å². The zero-order valence-corrected chi connectivity index (χ0v) is 12.1. The van der Waals surface area contributed by atoms with Gasteiger partial charge in [-0.15, -0.1) is 0 Å². The van der Waals surface area contributed by atoms with Crippen molar-refractivity contribution in [3.05, 3.63) is 12.2 Å². The maximum Gasteiger partial charge on any atom is 0.141 e. The number of aromatic nitrogens is 3. The quantitative estimate of drug-likeness (QED) is 0.840. The van der Waals surface area contributed by atoms with Gasteiger partial charge in [-0.3, -0.25) is 4.90 Å². The maximum atomic E-state index is 5.70. The first-order chi connectivity index (χ1) is 9.10. The molecule has 2 rings (SSSR count). The zero-order valence-electron chi connectivity index (χ0n) is 12.1. The Kier molecular flexibility index (Phi) is 4.90. The van der Waals surface area contributed by atoms with Crippen molar-refractivity contribution in [1.82, 2.24) is 19.7 Å². The van der Waals surface area contributed by atoms with Gasteiger partial charge < -0.3 is 10.5 Å². The van der Waals surface area contributed by atoms with E-state index in [1.165, 1.54) is 0 Å². The van der Waals surface area contributed by atoms with Gasteiger partial charge in [0.25, 0.3) is 0 Å². The van der Waals surface area contributed by atoms with Gasteiger partial charge in [0, 0.05) is 25.7 Å². The molecule has 19 heavy (non-hydrogen) atoms. The van der Waals surface area contributed by atoms with Crippen molar-refractivity contribution < 1.29 is 4.74 Å². The molecule has 0 bridgehead atoms. The van der Waals surface area contributed by atoms with Gasteiger partial charge in [-0.25, -0.2) is 9.67 Å². The van der Waals surface area contributed by atoms with E-state index in [9.17, 15) is 0 Å². The summed E-state index contributed by atoms with van der Waals surface area (Å²) in [7, 11) is 0. The van der Waals surface area contributed by atoms with E-state index in [0.717, 1.165) is 32.1 Å². The third-order valence-electron chi connectivity index (χ3n) is 3.48. The van der Waals surface area contributed by atoms with Crippen LogP contribution in [0, 0.1) is 5.92 Å². The van der Waals surface area contributed by atoms with E-state index in [1.54, 1.807) is 6.33 Å². The third kappa shape index (κ3) is 3.75. The summed E-state index contributed by atoms with van der Waals surface area (Å²) in [4.78, 5) is 6.76. The van der Waals surface area contributed by atoms with Gasteiger partial charge in [-0.05, 0) is 12.8 Å². The predicted molar refractivity (Wildman–Crippen MR) is 73.5 cm³/mol. The van der Waals surface area contributed by atoms with Crippen LogP contribution in [-0.4, -0.2) is 51.5 Å². The highest BCUT2D eigenvalue weighted by atomic mass is 16.5. The molecular formula is C13H25N5O. The number of morpholine rings is 1. The van der Waals surface area contributed by atoms with Crippen LogP contribution in [0.25, 0.3) is 0 Å². The fourth-order valence-electron chi connectivity index (χ4n) is 2.33. The molecule has 0 amide bonds. The van der Waals surface area contributed by atoms with Gasteiger partial charge in [-0.1, -0.05) is 13.8 Å². The van der Waals surface area contributed by atoms with Crippen LogP contribution in [0.1, 0.15) is 26.6 Å². The van der Waals surface area contributed by atoms with E-state index in [4.69, 9.17) is 10.5 Å². The van der Waals surface area contributed by atoms with E-state index < -0.39 is 0 Å². The highest BCUT2D eigenvalue weighted by molar-refractivity contribution is 4.88. The average Bonchev–Trinajstić information content (AvgIpc) is 2.78. The number of hydrogen-bond acceptors (Lipinski definition) is 5. The van der Waals surface area contributed by atoms with Gasteiger partial charge in [0.15, 0.2) is 0 Å². The molecule has 0 saturated carbocycles. The molecule has 1 aromatic rings. The number of ether oxygens (including phenoxy) is 1. The van der Waals surface area contributed by atoms with Gasteiger partial charge in [0.2, 0.25) is 0 Å². The Morgan fingerprint density at radius 2 is 2.32 bits per heavy atom. The monoisotopic (exact) mass is 267 g/mol. The lowest BCUT2D eigenvalue weighted by atomic mass is 10.2. The summed E-state index contributed by atoms with van der Waals surface area (Å²) in [5.41, 5.74) is 5.70. The molecule has 1 saturated heterocycles. The van der Waals surface area contributed by atoms with Crippen LogP contribution in [0.5, 0.6) is 0 Å². The first-order valence-corrected chi connectivity index (χ1v) is 7.02. The van der Waals surface area contributed by atoms with Crippen LogP contribution in [0.3, 0.4) is 0 Å². The third-order valence-corrected chi connectivity index (χ3v) is 3.48. The predicted octanol–water partition coefficient (Wildman–Crippen LogP) is 0.482. The normalized spacial score (nSPS) is 25.1. The second-order valence-electron chi connectivity index (χ2n) is 5.72. The first-order valence-electron chi connectivity index (χ1n) is 7.02. The van der Waals surface area contributed by atoms with Crippen molar-refractivity contribution in [2.45, 2.75) is 46.0 Å². The molecule has 6 heteroatoms. The molecule has 0 aromatic carbocycles. The Hall–Kier alpha value is -0.980. The molecule has 1 aliphatic rings. The van der Waals surface area contributed by atoms with E-state index in [0.29, 0.717) is 18.5 Å². The Morgan fingerprint density at radius 1 is 1.53 bits per heavy atom. The standard InChI is InChI=1S/C13H25N5O/c1-10(2)5-18-13(15-9-16-18)7-17-6-12(4-14)19-8-11(17)3/h9-12H,4-8,14H2,1-3H3. The summed E-state index contributed by atoms with van der Waals surface area (Å²) in [6.45, 7) is 10.5. The van der Waals surface area contributed by atoms with Gasteiger partial charge in [0.05, 0.1) is 19.3 Å². The molecule has 1 aromatic heterocycles. The van der Waals surface area contributed by atoms with Gasteiger partial charge >= 0.3 is 0 Å². The minimum Gasteiger partial charge on any atom is -0.374 e.